The first-order chi connectivity index (χ1) is 13.7. The molecule has 0 fully saturated rings. The Morgan fingerprint density at radius 2 is 1.46 bits per heavy atom. The molecule has 0 heterocycles. The minimum atomic E-state index is 0.0250. The molecule has 0 spiro atoms. The number of hydrogen-bond acceptors (Lipinski definition) is 3. The first-order valence-corrected chi connectivity index (χ1v) is 10.4. The molecule has 142 valence electrons. The highest BCUT2D eigenvalue weighted by Gasteiger charge is 2.08. The lowest BCUT2D eigenvalue weighted by Gasteiger charge is -2.06. The predicted octanol–water partition coefficient (Wildman–Crippen LogP) is 6.07. The van der Waals surface area contributed by atoms with Crippen molar-refractivity contribution in [3.05, 3.63) is 84.4 Å². The van der Waals surface area contributed by atoms with Gasteiger partial charge < -0.3 is 5.32 Å². The van der Waals surface area contributed by atoms with Crippen LogP contribution in [0.2, 0.25) is 0 Å². The lowest BCUT2D eigenvalue weighted by atomic mass is 10.0. The van der Waals surface area contributed by atoms with Crippen molar-refractivity contribution in [3.8, 4) is 11.1 Å². The Bertz CT molecular complexity index is 919. The van der Waals surface area contributed by atoms with E-state index in [0.29, 0.717) is 12.2 Å². The summed E-state index contributed by atoms with van der Waals surface area (Å²) in [7, 11) is 0. The van der Waals surface area contributed by atoms with Gasteiger partial charge in [0.15, 0.2) is 5.78 Å². The van der Waals surface area contributed by atoms with Crippen LogP contribution in [-0.2, 0) is 4.79 Å². The molecule has 1 amide bonds. The number of anilines is 1. The number of Topliss-reactive ketones (excluding diaryl/α,β-unsaturated/α-hetero) is 1. The second kappa shape index (κ2) is 9.90. The van der Waals surface area contributed by atoms with Gasteiger partial charge in [0, 0.05) is 22.6 Å². The molecular formula is C24H23NO2S. The summed E-state index contributed by atoms with van der Waals surface area (Å²) in [6.45, 7) is 1.98. The highest BCUT2D eigenvalue weighted by molar-refractivity contribution is 8.00. The van der Waals surface area contributed by atoms with Crippen LogP contribution in [-0.4, -0.2) is 17.4 Å². The van der Waals surface area contributed by atoms with Crippen molar-refractivity contribution in [1.29, 1.82) is 0 Å². The number of carbonyl (C=O) groups excluding carboxylic acids is 2. The molecule has 3 nitrogen and oxygen atoms in total. The number of carbonyl (C=O) groups is 2. The van der Waals surface area contributed by atoms with Gasteiger partial charge in [-0.1, -0.05) is 61.5 Å². The molecule has 0 bridgehead atoms. The number of amides is 1. The zero-order valence-electron chi connectivity index (χ0n) is 15.9. The van der Waals surface area contributed by atoms with Gasteiger partial charge in [0.1, 0.15) is 0 Å². The summed E-state index contributed by atoms with van der Waals surface area (Å²) in [4.78, 5) is 25.1. The molecule has 3 aromatic rings. The molecule has 28 heavy (non-hydrogen) atoms. The molecule has 0 aliphatic rings. The van der Waals surface area contributed by atoms with Crippen LogP contribution in [0.3, 0.4) is 0 Å². The van der Waals surface area contributed by atoms with Gasteiger partial charge in [-0.05, 0) is 41.8 Å². The maximum absolute atomic E-state index is 12.5. The van der Waals surface area contributed by atoms with Crippen LogP contribution in [0.25, 0.3) is 11.1 Å². The van der Waals surface area contributed by atoms with Gasteiger partial charge >= 0.3 is 0 Å². The average molecular weight is 390 g/mol. The van der Waals surface area contributed by atoms with Gasteiger partial charge in [0.25, 0.3) is 0 Å². The minimum Gasteiger partial charge on any atom is -0.326 e. The molecule has 3 rings (SSSR count). The zero-order valence-corrected chi connectivity index (χ0v) is 16.7. The summed E-state index contributed by atoms with van der Waals surface area (Å²) in [5.74, 6) is 0.508. The van der Waals surface area contributed by atoms with Gasteiger partial charge in [-0.3, -0.25) is 9.59 Å². The molecule has 0 aromatic heterocycles. The molecule has 0 aliphatic carbocycles. The van der Waals surface area contributed by atoms with Gasteiger partial charge in [-0.25, -0.2) is 0 Å². The van der Waals surface area contributed by atoms with Crippen LogP contribution < -0.4 is 5.32 Å². The third-order valence-electron chi connectivity index (χ3n) is 4.30. The Kier molecular flexibility index (Phi) is 7.04. The Hall–Kier alpha value is -2.85. The van der Waals surface area contributed by atoms with E-state index in [1.165, 1.54) is 11.8 Å². The van der Waals surface area contributed by atoms with E-state index in [9.17, 15) is 9.59 Å². The molecule has 0 atom stereocenters. The molecule has 0 unspecified atom stereocenters. The van der Waals surface area contributed by atoms with Crippen molar-refractivity contribution >= 4 is 29.1 Å². The van der Waals surface area contributed by atoms with Crippen LogP contribution in [0.5, 0.6) is 0 Å². The standard InChI is InChI=1S/C24H23NO2S/c1-2-6-24(27)25-21-13-15-22(16-14-21)28-17-23(26)20-11-9-19(10-12-20)18-7-4-3-5-8-18/h3-5,7-16H,2,6,17H2,1H3,(H,25,27). The van der Waals surface area contributed by atoms with Crippen molar-refractivity contribution in [2.45, 2.75) is 24.7 Å². The van der Waals surface area contributed by atoms with E-state index in [2.05, 4.69) is 17.4 Å². The summed E-state index contributed by atoms with van der Waals surface area (Å²) in [6.07, 6.45) is 1.35. The first kappa shape index (κ1) is 19.9. The SMILES string of the molecule is CCCC(=O)Nc1ccc(SCC(=O)c2ccc(-c3ccccc3)cc2)cc1. The summed E-state index contributed by atoms with van der Waals surface area (Å²) in [6, 6.07) is 25.5. The van der Waals surface area contributed by atoms with Crippen LogP contribution in [0.1, 0.15) is 30.1 Å². The fourth-order valence-electron chi connectivity index (χ4n) is 2.80. The highest BCUT2D eigenvalue weighted by atomic mass is 32.2. The molecular weight excluding hydrogens is 366 g/mol. The molecule has 3 aromatic carbocycles. The van der Waals surface area contributed by atoms with Crippen LogP contribution >= 0.6 is 11.8 Å². The van der Waals surface area contributed by atoms with E-state index in [-0.39, 0.29) is 11.7 Å². The van der Waals surface area contributed by atoms with E-state index in [1.807, 2.05) is 73.7 Å². The summed E-state index contributed by atoms with van der Waals surface area (Å²) < 4.78 is 0. The molecule has 0 radical (unpaired) electrons. The Morgan fingerprint density at radius 1 is 0.821 bits per heavy atom. The fourth-order valence-corrected chi connectivity index (χ4v) is 3.59. The van der Waals surface area contributed by atoms with Crippen molar-refractivity contribution in [3.63, 3.8) is 0 Å². The predicted molar refractivity (Wildman–Crippen MR) is 117 cm³/mol. The topological polar surface area (TPSA) is 46.2 Å². The maximum Gasteiger partial charge on any atom is 0.224 e. The average Bonchev–Trinajstić information content (AvgIpc) is 2.74. The number of benzene rings is 3. The second-order valence-corrected chi connectivity index (χ2v) is 7.53. The third-order valence-corrected chi connectivity index (χ3v) is 5.31. The number of thioether (sulfide) groups is 1. The number of ketones is 1. The molecule has 0 saturated carbocycles. The molecule has 1 N–H and O–H groups in total. The van der Waals surface area contributed by atoms with Gasteiger partial charge in [-0.15, -0.1) is 11.8 Å². The van der Waals surface area contributed by atoms with Gasteiger partial charge in [0.05, 0.1) is 5.75 Å². The van der Waals surface area contributed by atoms with Crippen LogP contribution in [0, 0.1) is 0 Å². The van der Waals surface area contributed by atoms with E-state index in [1.54, 1.807) is 0 Å². The van der Waals surface area contributed by atoms with Crippen molar-refractivity contribution < 1.29 is 9.59 Å². The smallest absolute Gasteiger partial charge is 0.224 e. The Morgan fingerprint density at radius 3 is 2.11 bits per heavy atom. The van der Waals surface area contributed by atoms with Crippen molar-refractivity contribution in [2.75, 3.05) is 11.1 Å². The highest BCUT2D eigenvalue weighted by Crippen LogP contribution is 2.23. The van der Waals surface area contributed by atoms with E-state index >= 15 is 0 Å². The molecule has 4 heteroatoms. The maximum atomic E-state index is 12.5. The van der Waals surface area contributed by atoms with Gasteiger partial charge in [-0.2, -0.15) is 0 Å². The third kappa shape index (κ3) is 5.57. The van der Waals surface area contributed by atoms with Gasteiger partial charge in [0.2, 0.25) is 5.91 Å². The van der Waals surface area contributed by atoms with Crippen molar-refractivity contribution in [2.24, 2.45) is 0 Å². The van der Waals surface area contributed by atoms with Crippen LogP contribution in [0.4, 0.5) is 5.69 Å². The Labute approximate surface area is 170 Å². The second-order valence-electron chi connectivity index (χ2n) is 6.48. The fraction of sp³-hybridized carbons (Fsp3) is 0.167. The number of hydrogen-bond donors (Lipinski definition) is 1. The summed E-state index contributed by atoms with van der Waals surface area (Å²) in [5, 5.41) is 2.86. The monoisotopic (exact) mass is 389 g/mol. The first-order valence-electron chi connectivity index (χ1n) is 9.37. The van der Waals surface area contributed by atoms with Crippen molar-refractivity contribution in [1.82, 2.24) is 0 Å². The van der Waals surface area contributed by atoms with E-state index < -0.39 is 0 Å². The van der Waals surface area contributed by atoms with Crippen LogP contribution in [0.15, 0.2) is 83.8 Å². The molecule has 0 aliphatic heterocycles. The Balaban J connectivity index is 1.54. The minimum absolute atomic E-state index is 0.0250. The summed E-state index contributed by atoms with van der Waals surface area (Å²) >= 11 is 1.50. The largest absolute Gasteiger partial charge is 0.326 e. The lowest BCUT2D eigenvalue weighted by molar-refractivity contribution is -0.116. The number of rotatable bonds is 8. The quantitative estimate of drug-likeness (QED) is 0.376. The lowest BCUT2D eigenvalue weighted by Crippen LogP contribution is -2.10. The normalized spacial score (nSPS) is 10.5. The molecule has 0 saturated heterocycles. The van der Waals surface area contributed by atoms with E-state index in [4.69, 9.17) is 0 Å². The zero-order chi connectivity index (χ0) is 19.8. The summed E-state index contributed by atoms with van der Waals surface area (Å²) in [5.41, 5.74) is 3.74. The van der Waals surface area contributed by atoms with E-state index in [0.717, 1.165) is 33.7 Å². The number of nitrogens with one attached hydrogen (secondary N) is 1.